The van der Waals surface area contributed by atoms with Crippen LogP contribution in [0.3, 0.4) is 0 Å². The van der Waals surface area contributed by atoms with Crippen LogP contribution >= 0.6 is 12.4 Å². The molecule has 2 aromatic heterocycles. The number of amides is 1. The molecule has 0 radical (unpaired) electrons. The summed E-state index contributed by atoms with van der Waals surface area (Å²) in [7, 11) is 1.79. The van der Waals surface area contributed by atoms with Gasteiger partial charge in [-0.3, -0.25) is 14.7 Å². The zero-order valence-electron chi connectivity index (χ0n) is 15.4. The molecule has 8 heteroatoms. The summed E-state index contributed by atoms with van der Waals surface area (Å²) in [6, 6.07) is 3.80. The van der Waals surface area contributed by atoms with E-state index in [1.54, 1.807) is 19.6 Å². The number of H-pyrrole nitrogens is 1. The Morgan fingerprint density at radius 1 is 1.41 bits per heavy atom. The lowest BCUT2D eigenvalue weighted by Crippen LogP contribution is -2.58. The van der Waals surface area contributed by atoms with Gasteiger partial charge < -0.3 is 15.5 Å². The third kappa shape index (κ3) is 3.47. The number of hydrogen-bond donors (Lipinski definition) is 2. The number of nitrogens with zero attached hydrogens (tertiary/aromatic N) is 3. The summed E-state index contributed by atoms with van der Waals surface area (Å²) in [6.45, 7) is 2.78. The van der Waals surface area contributed by atoms with Crippen molar-refractivity contribution in [3.8, 4) is 0 Å². The molecule has 0 spiro atoms. The Morgan fingerprint density at radius 2 is 2.15 bits per heavy atom. The minimum atomic E-state index is -0.500. The molecule has 27 heavy (non-hydrogen) atoms. The van der Waals surface area contributed by atoms with E-state index < -0.39 is 5.91 Å². The number of likely N-dealkylation sites (tertiary alicyclic amines) is 1. The Morgan fingerprint density at radius 3 is 2.74 bits per heavy atom. The molecule has 2 aliphatic rings. The van der Waals surface area contributed by atoms with Gasteiger partial charge in [0.25, 0.3) is 5.91 Å². The van der Waals surface area contributed by atoms with Crippen LogP contribution in [0, 0.1) is 11.8 Å². The maximum Gasteiger partial charge on any atom is 0.267 e. The quantitative estimate of drug-likeness (QED) is 0.813. The molecule has 1 amide bonds. The predicted molar refractivity (Wildman–Crippen MR) is 103 cm³/mol. The van der Waals surface area contributed by atoms with Gasteiger partial charge in [-0.05, 0) is 30.5 Å². The van der Waals surface area contributed by atoms with E-state index >= 15 is 0 Å². The van der Waals surface area contributed by atoms with Crippen molar-refractivity contribution in [2.24, 2.45) is 17.6 Å². The Kier molecular flexibility index (Phi) is 5.83. The number of aromatic nitrogens is 3. The first-order valence-corrected chi connectivity index (χ1v) is 9.14. The van der Waals surface area contributed by atoms with Crippen LogP contribution in [0.1, 0.15) is 41.0 Å². The summed E-state index contributed by atoms with van der Waals surface area (Å²) in [6.07, 6.45) is 8.71. The standard InChI is InChI=1S/C19H25N5O2.ClH/c1-26-19(13-5-6-22-17(7-13)18(20)25)14-3-2-4-15(19)10-24(9-14)11-16-8-21-12-23-16;/h5-8,12,14-15H,2-4,9-11H2,1H3,(H2,20,25)(H,21,23);1H/t14-,15+,19-;. The van der Waals surface area contributed by atoms with Gasteiger partial charge in [0, 0.05) is 56.7 Å². The van der Waals surface area contributed by atoms with Crippen LogP contribution in [0.15, 0.2) is 30.9 Å². The third-order valence-corrected chi connectivity index (χ3v) is 6.03. The Balaban J connectivity index is 0.00000210. The summed E-state index contributed by atoms with van der Waals surface area (Å²) < 4.78 is 6.22. The predicted octanol–water partition coefficient (Wildman–Crippen LogP) is 2.10. The third-order valence-electron chi connectivity index (χ3n) is 6.03. The molecule has 1 aliphatic heterocycles. The number of piperidine rings is 1. The number of pyridine rings is 1. The van der Waals surface area contributed by atoms with Gasteiger partial charge in [-0.1, -0.05) is 6.42 Å². The van der Waals surface area contributed by atoms with Crippen molar-refractivity contribution in [1.82, 2.24) is 19.9 Å². The van der Waals surface area contributed by atoms with Gasteiger partial charge in [-0.15, -0.1) is 12.4 Å². The van der Waals surface area contributed by atoms with Crippen molar-refractivity contribution in [1.29, 1.82) is 0 Å². The molecule has 0 unspecified atom stereocenters. The average molecular weight is 392 g/mol. The van der Waals surface area contributed by atoms with Crippen molar-refractivity contribution in [2.45, 2.75) is 31.4 Å². The second-order valence-electron chi connectivity index (χ2n) is 7.39. The van der Waals surface area contributed by atoms with E-state index in [-0.39, 0.29) is 18.0 Å². The number of hydrogen-bond acceptors (Lipinski definition) is 5. The SMILES string of the molecule is CO[C@]1(c2ccnc(C(N)=O)c2)[C@@H]2CCC[C@H]1CN(Cc1cnc[nH]1)C2.Cl. The normalized spacial score (nSPS) is 27.7. The van der Waals surface area contributed by atoms with Crippen molar-refractivity contribution in [2.75, 3.05) is 20.2 Å². The molecule has 146 valence electrons. The molecule has 2 aromatic rings. The molecule has 7 nitrogen and oxygen atoms in total. The van der Waals surface area contributed by atoms with Crippen LogP contribution in [-0.2, 0) is 16.9 Å². The van der Waals surface area contributed by atoms with Gasteiger partial charge in [0.2, 0.25) is 0 Å². The number of imidazole rings is 1. The number of halogens is 1. The fourth-order valence-corrected chi connectivity index (χ4v) is 5.00. The largest absolute Gasteiger partial charge is 0.373 e. The van der Waals surface area contributed by atoms with Gasteiger partial charge >= 0.3 is 0 Å². The van der Waals surface area contributed by atoms with Gasteiger partial charge in [0.15, 0.2) is 0 Å². The van der Waals surface area contributed by atoms with Crippen molar-refractivity contribution in [3.63, 3.8) is 0 Å². The van der Waals surface area contributed by atoms with Crippen LogP contribution in [0.25, 0.3) is 0 Å². The number of nitrogens with one attached hydrogen (secondary N) is 1. The van der Waals surface area contributed by atoms with E-state index in [1.807, 2.05) is 18.3 Å². The van der Waals surface area contributed by atoms with E-state index in [2.05, 4.69) is 19.9 Å². The highest BCUT2D eigenvalue weighted by Gasteiger charge is 2.53. The number of aromatic amines is 1. The number of ether oxygens (including phenoxy) is 1. The van der Waals surface area contributed by atoms with E-state index in [0.29, 0.717) is 17.5 Å². The molecule has 0 aromatic carbocycles. The first kappa shape index (κ1) is 19.8. The average Bonchev–Trinajstić information content (AvgIpc) is 3.14. The van der Waals surface area contributed by atoms with Gasteiger partial charge in [0.1, 0.15) is 11.3 Å². The number of carbonyl (C=O) groups is 1. The lowest BCUT2D eigenvalue weighted by molar-refractivity contribution is -0.170. The van der Waals surface area contributed by atoms with Crippen LogP contribution in [0.5, 0.6) is 0 Å². The number of primary amides is 1. The summed E-state index contributed by atoms with van der Waals surface area (Å²) in [5.41, 5.74) is 7.53. The first-order valence-electron chi connectivity index (χ1n) is 9.14. The highest BCUT2D eigenvalue weighted by Crippen LogP contribution is 2.51. The molecule has 2 bridgehead atoms. The fraction of sp³-hybridized carbons (Fsp3) is 0.526. The lowest BCUT2D eigenvalue weighted by Gasteiger charge is -2.55. The van der Waals surface area contributed by atoms with Gasteiger partial charge in [-0.25, -0.2) is 4.98 Å². The number of rotatable bonds is 5. The number of carbonyl (C=O) groups excluding carboxylic acids is 1. The highest BCUT2D eigenvalue weighted by molar-refractivity contribution is 5.90. The van der Waals surface area contributed by atoms with Gasteiger partial charge in [-0.2, -0.15) is 0 Å². The summed E-state index contributed by atoms with van der Waals surface area (Å²) in [5.74, 6) is 0.233. The van der Waals surface area contributed by atoms with Crippen LogP contribution < -0.4 is 5.73 Å². The van der Waals surface area contributed by atoms with Crippen molar-refractivity contribution >= 4 is 18.3 Å². The first-order chi connectivity index (χ1) is 12.6. The molecule has 3 atom stereocenters. The van der Waals surface area contributed by atoms with Crippen LogP contribution in [-0.4, -0.2) is 46.0 Å². The fourth-order valence-electron chi connectivity index (χ4n) is 5.00. The topological polar surface area (TPSA) is 97.1 Å². The van der Waals surface area contributed by atoms with Gasteiger partial charge in [0.05, 0.1) is 6.33 Å². The van der Waals surface area contributed by atoms with Crippen molar-refractivity contribution < 1.29 is 9.53 Å². The zero-order valence-corrected chi connectivity index (χ0v) is 16.2. The molecule has 3 N–H and O–H groups in total. The summed E-state index contributed by atoms with van der Waals surface area (Å²) in [4.78, 5) is 25.5. The lowest BCUT2D eigenvalue weighted by atomic mass is 9.62. The van der Waals surface area contributed by atoms with Crippen LogP contribution in [0.4, 0.5) is 0 Å². The second kappa shape index (κ2) is 7.96. The molecule has 1 saturated heterocycles. The second-order valence-corrected chi connectivity index (χ2v) is 7.39. The summed E-state index contributed by atoms with van der Waals surface area (Å²) in [5, 5.41) is 0. The number of fused-ring (bicyclic) bond motifs is 2. The molecule has 1 aliphatic carbocycles. The van der Waals surface area contributed by atoms with Crippen molar-refractivity contribution in [3.05, 3.63) is 47.8 Å². The molecule has 3 heterocycles. The zero-order chi connectivity index (χ0) is 18.1. The summed E-state index contributed by atoms with van der Waals surface area (Å²) >= 11 is 0. The van der Waals surface area contributed by atoms with Crippen LogP contribution in [0.2, 0.25) is 0 Å². The van der Waals surface area contributed by atoms with E-state index in [1.165, 1.54) is 6.42 Å². The molecule has 1 saturated carbocycles. The van der Waals surface area contributed by atoms with E-state index in [9.17, 15) is 4.79 Å². The van der Waals surface area contributed by atoms with E-state index in [0.717, 1.165) is 43.7 Å². The maximum atomic E-state index is 11.6. The Hall–Kier alpha value is -1.96. The minimum absolute atomic E-state index is 0. The number of methoxy groups -OCH3 is 1. The molecule has 2 fully saturated rings. The highest BCUT2D eigenvalue weighted by atomic mass is 35.5. The van der Waals surface area contributed by atoms with E-state index in [4.69, 9.17) is 10.5 Å². The Bertz CT molecular complexity index is 768. The Labute approximate surface area is 165 Å². The maximum absolute atomic E-state index is 11.6. The minimum Gasteiger partial charge on any atom is -0.373 e. The molecular formula is C19H26ClN5O2. The molecule has 4 rings (SSSR count). The monoisotopic (exact) mass is 391 g/mol. The number of nitrogens with two attached hydrogens (primary N) is 1. The smallest absolute Gasteiger partial charge is 0.267 e. The molecular weight excluding hydrogens is 366 g/mol.